The average molecular weight is 360 g/mol. The van der Waals surface area contributed by atoms with Gasteiger partial charge in [-0.15, -0.1) is 0 Å². The molecule has 1 N–H and O–H groups in total. The Kier molecular flexibility index (Phi) is 5.52. The number of amides is 1. The van der Waals surface area contributed by atoms with Crippen LogP contribution in [0.5, 0.6) is 5.75 Å². The molecule has 3 aromatic rings. The highest BCUT2D eigenvalue weighted by atomic mass is 16.5. The van der Waals surface area contributed by atoms with Gasteiger partial charge >= 0.3 is 0 Å². The predicted molar refractivity (Wildman–Crippen MR) is 99.5 cm³/mol. The fourth-order valence-electron chi connectivity index (χ4n) is 2.87. The molecule has 136 valence electrons. The lowest BCUT2D eigenvalue weighted by atomic mass is 9.97. The number of carbonyl (C=O) groups is 2. The second-order valence-corrected chi connectivity index (χ2v) is 5.92. The Morgan fingerprint density at radius 3 is 1.96 bits per heavy atom. The van der Waals surface area contributed by atoms with Crippen LogP contribution in [0.15, 0.2) is 78.9 Å². The molecule has 0 aliphatic rings. The minimum atomic E-state index is -1.39. The Balaban J connectivity index is 1.97. The molecule has 3 aromatic carbocycles. The van der Waals surface area contributed by atoms with E-state index in [9.17, 15) is 14.7 Å². The van der Waals surface area contributed by atoms with Crippen molar-refractivity contribution in [3.63, 3.8) is 0 Å². The second kappa shape index (κ2) is 8.19. The summed E-state index contributed by atoms with van der Waals surface area (Å²) in [5.74, 6) is -1.17. The molecule has 1 amide bonds. The molecule has 0 aliphatic heterocycles. The number of aromatic carboxylic acids is 1. The van der Waals surface area contributed by atoms with Crippen molar-refractivity contribution in [2.45, 2.75) is 6.04 Å². The number of benzene rings is 3. The summed E-state index contributed by atoms with van der Waals surface area (Å²) in [4.78, 5) is 24.1. The summed E-state index contributed by atoms with van der Waals surface area (Å²) < 4.78 is 5.19. The first-order chi connectivity index (χ1) is 13.1. The quantitative estimate of drug-likeness (QED) is 0.733. The maximum Gasteiger partial charge on any atom is 0.252 e. The molecule has 0 heterocycles. The van der Waals surface area contributed by atoms with Crippen molar-refractivity contribution in [1.29, 1.82) is 0 Å². The van der Waals surface area contributed by atoms with Gasteiger partial charge in [0.1, 0.15) is 5.75 Å². The SMILES string of the molecule is COc1ccc([C@@H](NC(=O)c2ccccc2C(=O)[O-])c2ccccc2)cc1. The molecule has 27 heavy (non-hydrogen) atoms. The van der Waals surface area contributed by atoms with E-state index in [0.717, 1.165) is 11.1 Å². The zero-order valence-corrected chi connectivity index (χ0v) is 14.7. The Hall–Kier alpha value is -3.60. The standard InChI is InChI=1S/C22H19NO4/c1-27-17-13-11-16(12-14-17)20(15-7-3-2-4-8-15)23-21(24)18-9-5-6-10-19(18)22(25)26/h2-14,20H,1H3,(H,23,24)(H,25,26)/p-1/t20-/m0/s1. The van der Waals surface area contributed by atoms with Crippen LogP contribution in [0.2, 0.25) is 0 Å². The minimum absolute atomic E-state index is 0.0620. The molecule has 0 aromatic heterocycles. The minimum Gasteiger partial charge on any atom is -0.545 e. The molecule has 3 rings (SSSR count). The molecule has 5 nitrogen and oxygen atoms in total. The zero-order valence-electron chi connectivity index (χ0n) is 14.7. The van der Waals surface area contributed by atoms with E-state index in [1.165, 1.54) is 12.1 Å². The third-order valence-corrected chi connectivity index (χ3v) is 4.25. The van der Waals surface area contributed by atoms with E-state index in [1.54, 1.807) is 19.2 Å². The third-order valence-electron chi connectivity index (χ3n) is 4.25. The van der Waals surface area contributed by atoms with E-state index in [1.807, 2.05) is 54.6 Å². The number of ether oxygens (including phenoxy) is 1. The Morgan fingerprint density at radius 2 is 1.37 bits per heavy atom. The topological polar surface area (TPSA) is 78.5 Å². The number of methoxy groups -OCH3 is 1. The highest BCUT2D eigenvalue weighted by Crippen LogP contribution is 2.25. The molecule has 0 aliphatic carbocycles. The van der Waals surface area contributed by atoms with Crippen LogP contribution in [-0.4, -0.2) is 19.0 Å². The van der Waals surface area contributed by atoms with Crippen molar-refractivity contribution in [3.05, 3.63) is 101 Å². The normalized spacial score (nSPS) is 11.4. The fourth-order valence-corrected chi connectivity index (χ4v) is 2.87. The second-order valence-electron chi connectivity index (χ2n) is 5.92. The summed E-state index contributed by atoms with van der Waals surface area (Å²) >= 11 is 0. The van der Waals surface area contributed by atoms with Gasteiger partial charge in [-0.3, -0.25) is 4.79 Å². The number of carbonyl (C=O) groups excluding carboxylic acids is 2. The summed E-state index contributed by atoms with van der Waals surface area (Å²) in [5.41, 5.74) is 1.65. The van der Waals surface area contributed by atoms with Gasteiger partial charge in [0.15, 0.2) is 0 Å². The molecule has 0 unspecified atom stereocenters. The Morgan fingerprint density at radius 1 is 0.815 bits per heavy atom. The van der Waals surface area contributed by atoms with Crippen LogP contribution in [0.3, 0.4) is 0 Å². The van der Waals surface area contributed by atoms with E-state index < -0.39 is 17.9 Å². The first kappa shape index (κ1) is 18.2. The predicted octanol–water partition coefficient (Wildman–Crippen LogP) is 2.58. The molecular formula is C22H18NO4-. The van der Waals surface area contributed by atoms with Gasteiger partial charge in [-0.05, 0) is 29.3 Å². The summed E-state index contributed by atoms with van der Waals surface area (Å²) in [5, 5.41) is 14.2. The summed E-state index contributed by atoms with van der Waals surface area (Å²) in [6.07, 6.45) is 0. The van der Waals surface area contributed by atoms with Gasteiger partial charge in [0.2, 0.25) is 0 Å². The smallest absolute Gasteiger partial charge is 0.252 e. The van der Waals surface area contributed by atoms with Gasteiger partial charge in [-0.25, -0.2) is 0 Å². The summed E-state index contributed by atoms with van der Waals surface area (Å²) in [6, 6.07) is 22.4. The first-order valence-corrected chi connectivity index (χ1v) is 8.40. The molecule has 0 saturated heterocycles. The van der Waals surface area contributed by atoms with Crippen LogP contribution in [0.1, 0.15) is 37.9 Å². The van der Waals surface area contributed by atoms with E-state index >= 15 is 0 Å². The van der Waals surface area contributed by atoms with Gasteiger partial charge in [-0.2, -0.15) is 0 Å². The van der Waals surface area contributed by atoms with E-state index in [4.69, 9.17) is 4.74 Å². The van der Waals surface area contributed by atoms with Crippen LogP contribution in [-0.2, 0) is 0 Å². The fraction of sp³-hybridized carbons (Fsp3) is 0.0909. The van der Waals surface area contributed by atoms with Crippen LogP contribution in [0.25, 0.3) is 0 Å². The highest BCUT2D eigenvalue weighted by molar-refractivity contribution is 6.04. The van der Waals surface area contributed by atoms with Gasteiger partial charge < -0.3 is 20.0 Å². The molecule has 0 saturated carbocycles. The van der Waals surface area contributed by atoms with Crippen LogP contribution in [0.4, 0.5) is 0 Å². The highest BCUT2D eigenvalue weighted by Gasteiger charge is 2.19. The number of nitrogens with one attached hydrogen (secondary N) is 1. The van der Waals surface area contributed by atoms with Crippen molar-refractivity contribution in [1.82, 2.24) is 5.32 Å². The largest absolute Gasteiger partial charge is 0.545 e. The van der Waals surface area contributed by atoms with Crippen molar-refractivity contribution < 1.29 is 19.4 Å². The van der Waals surface area contributed by atoms with Crippen molar-refractivity contribution >= 4 is 11.9 Å². The molecule has 1 atom stereocenters. The lowest BCUT2D eigenvalue weighted by molar-refractivity contribution is -0.255. The lowest BCUT2D eigenvalue weighted by Crippen LogP contribution is -2.32. The number of carboxylic acids is 1. The van der Waals surface area contributed by atoms with Crippen molar-refractivity contribution in [3.8, 4) is 5.75 Å². The number of hydrogen-bond donors (Lipinski definition) is 1. The molecule has 5 heteroatoms. The van der Waals surface area contributed by atoms with Crippen molar-refractivity contribution in [2.24, 2.45) is 0 Å². The van der Waals surface area contributed by atoms with Gasteiger partial charge in [0, 0.05) is 11.1 Å². The zero-order chi connectivity index (χ0) is 19.2. The van der Waals surface area contributed by atoms with E-state index in [2.05, 4.69) is 5.32 Å². The first-order valence-electron chi connectivity index (χ1n) is 8.40. The Bertz CT molecular complexity index is 936. The number of carboxylic acid groups (broad SMARTS) is 1. The van der Waals surface area contributed by atoms with E-state index in [0.29, 0.717) is 5.75 Å². The van der Waals surface area contributed by atoms with Gasteiger partial charge in [-0.1, -0.05) is 60.7 Å². The number of rotatable bonds is 6. The van der Waals surface area contributed by atoms with Crippen LogP contribution < -0.4 is 15.2 Å². The van der Waals surface area contributed by atoms with Crippen molar-refractivity contribution in [2.75, 3.05) is 7.11 Å². The molecule has 0 radical (unpaired) electrons. The molecule has 0 bridgehead atoms. The van der Waals surface area contributed by atoms with Gasteiger partial charge in [0.25, 0.3) is 5.91 Å². The van der Waals surface area contributed by atoms with E-state index in [-0.39, 0.29) is 11.1 Å². The molecule has 0 spiro atoms. The van der Waals surface area contributed by atoms with Crippen LogP contribution in [0, 0.1) is 0 Å². The number of hydrogen-bond acceptors (Lipinski definition) is 4. The monoisotopic (exact) mass is 360 g/mol. The maximum absolute atomic E-state index is 12.8. The average Bonchev–Trinajstić information content (AvgIpc) is 2.72. The maximum atomic E-state index is 12.8. The van der Waals surface area contributed by atoms with Gasteiger partial charge in [0.05, 0.1) is 19.1 Å². The van der Waals surface area contributed by atoms with Crippen LogP contribution >= 0.6 is 0 Å². The third kappa shape index (κ3) is 4.15. The molecule has 0 fully saturated rings. The Labute approximate surface area is 157 Å². The molecular weight excluding hydrogens is 342 g/mol. The summed E-state index contributed by atoms with van der Waals surface area (Å²) in [7, 11) is 1.59. The summed E-state index contributed by atoms with van der Waals surface area (Å²) in [6.45, 7) is 0. The lowest BCUT2D eigenvalue weighted by Gasteiger charge is -2.21.